The van der Waals surface area contributed by atoms with Gasteiger partial charge in [-0.25, -0.2) is 4.98 Å². The van der Waals surface area contributed by atoms with Crippen molar-refractivity contribution in [1.82, 2.24) is 9.55 Å². The fourth-order valence-corrected chi connectivity index (χ4v) is 1.12. The van der Waals surface area contributed by atoms with Crippen molar-refractivity contribution < 1.29 is 5.11 Å². The van der Waals surface area contributed by atoms with Crippen LogP contribution in [0, 0.1) is 13.8 Å². The zero-order valence-electron chi connectivity index (χ0n) is 7.20. The molecule has 0 fully saturated rings. The van der Waals surface area contributed by atoms with E-state index >= 15 is 0 Å². The number of imidazole rings is 1. The van der Waals surface area contributed by atoms with Gasteiger partial charge in [0.1, 0.15) is 5.82 Å². The van der Waals surface area contributed by atoms with Crippen molar-refractivity contribution in [3.05, 3.63) is 17.7 Å². The van der Waals surface area contributed by atoms with E-state index in [1.807, 2.05) is 24.6 Å². The molecule has 0 bridgehead atoms. The number of aryl methyl sites for hydroxylation is 2. The Morgan fingerprint density at radius 1 is 1.64 bits per heavy atom. The molecule has 1 heterocycles. The monoisotopic (exact) mass is 154 g/mol. The SMILES string of the molecule is Cc1cnc(C)n1CC(C)O. The molecule has 0 aliphatic rings. The average molecular weight is 154 g/mol. The van der Waals surface area contributed by atoms with Crippen LogP contribution in [0.1, 0.15) is 18.4 Å². The largest absolute Gasteiger partial charge is 0.392 e. The average Bonchev–Trinajstić information content (AvgIpc) is 2.18. The van der Waals surface area contributed by atoms with Crippen LogP contribution in [0.2, 0.25) is 0 Å². The van der Waals surface area contributed by atoms with E-state index in [-0.39, 0.29) is 6.10 Å². The van der Waals surface area contributed by atoms with Crippen LogP contribution in [0.25, 0.3) is 0 Å². The third-order valence-corrected chi connectivity index (χ3v) is 1.70. The fraction of sp³-hybridized carbons (Fsp3) is 0.625. The van der Waals surface area contributed by atoms with Gasteiger partial charge in [0.2, 0.25) is 0 Å². The van der Waals surface area contributed by atoms with Crippen LogP contribution >= 0.6 is 0 Å². The van der Waals surface area contributed by atoms with Crippen molar-refractivity contribution in [3.8, 4) is 0 Å². The van der Waals surface area contributed by atoms with E-state index in [2.05, 4.69) is 4.98 Å². The smallest absolute Gasteiger partial charge is 0.105 e. The highest BCUT2D eigenvalue weighted by atomic mass is 16.3. The molecule has 0 saturated carbocycles. The highest BCUT2D eigenvalue weighted by Gasteiger charge is 2.03. The molecule has 3 heteroatoms. The number of hydrogen-bond donors (Lipinski definition) is 1. The Morgan fingerprint density at radius 3 is 2.64 bits per heavy atom. The van der Waals surface area contributed by atoms with E-state index in [1.54, 1.807) is 6.92 Å². The lowest BCUT2D eigenvalue weighted by Crippen LogP contribution is -2.13. The van der Waals surface area contributed by atoms with Crippen molar-refractivity contribution in [3.63, 3.8) is 0 Å². The molecule has 0 aliphatic heterocycles. The van der Waals surface area contributed by atoms with Crippen molar-refractivity contribution in [2.75, 3.05) is 0 Å². The van der Waals surface area contributed by atoms with Gasteiger partial charge in [-0.3, -0.25) is 0 Å². The minimum Gasteiger partial charge on any atom is -0.392 e. The zero-order chi connectivity index (χ0) is 8.43. The van der Waals surface area contributed by atoms with Gasteiger partial charge in [-0.05, 0) is 20.8 Å². The number of aromatic nitrogens is 2. The van der Waals surface area contributed by atoms with E-state index in [1.165, 1.54) is 0 Å². The Labute approximate surface area is 66.7 Å². The van der Waals surface area contributed by atoms with Gasteiger partial charge < -0.3 is 9.67 Å². The summed E-state index contributed by atoms with van der Waals surface area (Å²) in [7, 11) is 0. The van der Waals surface area contributed by atoms with Crippen LogP contribution in [-0.2, 0) is 6.54 Å². The maximum Gasteiger partial charge on any atom is 0.105 e. The molecule has 0 aromatic carbocycles. The molecule has 1 atom stereocenters. The third-order valence-electron chi connectivity index (χ3n) is 1.70. The van der Waals surface area contributed by atoms with Gasteiger partial charge in [0.05, 0.1) is 6.10 Å². The van der Waals surface area contributed by atoms with E-state index in [0.717, 1.165) is 11.5 Å². The highest BCUT2D eigenvalue weighted by molar-refractivity contribution is 5.01. The van der Waals surface area contributed by atoms with E-state index in [4.69, 9.17) is 5.11 Å². The van der Waals surface area contributed by atoms with Crippen molar-refractivity contribution in [1.29, 1.82) is 0 Å². The predicted octanol–water partition coefficient (Wildman–Crippen LogP) is 0.881. The summed E-state index contributed by atoms with van der Waals surface area (Å²) in [6, 6.07) is 0. The fourth-order valence-electron chi connectivity index (χ4n) is 1.12. The first-order chi connectivity index (χ1) is 5.11. The summed E-state index contributed by atoms with van der Waals surface area (Å²) in [5.74, 6) is 0.961. The van der Waals surface area contributed by atoms with E-state index in [9.17, 15) is 0 Å². The second kappa shape index (κ2) is 3.05. The van der Waals surface area contributed by atoms with Crippen LogP contribution in [-0.4, -0.2) is 20.8 Å². The normalized spacial score (nSPS) is 13.5. The minimum atomic E-state index is -0.304. The molecule has 3 nitrogen and oxygen atoms in total. The van der Waals surface area contributed by atoms with Crippen LogP contribution < -0.4 is 0 Å². The van der Waals surface area contributed by atoms with Gasteiger partial charge in [-0.1, -0.05) is 0 Å². The molecule has 1 aromatic rings. The summed E-state index contributed by atoms with van der Waals surface area (Å²) < 4.78 is 2.00. The lowest BCUT2D eigenvalue weighted by atomic mass is 10.4. The van der Waals surface area contributed by atoms with E-state index < -0.39 is 0 Å². The van der Waals surface area contributed by atoms with E-state index in [0.29, 0.717) is 6.54 Å². The Balaban J connectivity index is 2.83. The van der Waals surface area contributed by atoms with Crippen molar-refractivity contribution in [2.24, 2.45) is 0 Å². The first-order valence-corrected chi connectivity index (χ1v) is 3.78. The van der Waals surface area contributed by atoms with Crippen molar-refractivity contribution in [2.45, 2.75) is 33.4 Å². The number of rotatable bonds is 2. The maximum atomic E-state index is 9.12. The zero-order valence-corrected chi connectivity index (χ0v) is 7.20. The third kappa shape index (κ3) is 1.80. The van der Waals surface area contributed by atoms with Crippen LogP contribution in [0.3, 0.4) is 0 Å². The number of nitrogens with zero attached hydrogens (tertiary/aromatic N) is 2. The number of aliphatic hydroxyl groups excluding tert-OH is 1. The molecule has 1 unspecified atom stereocenters. The maximum absolute atomic E-state index is 9.12. The second-order valence-corrected chi connectivity index (χ2v) is 2.91. The van der Waals surface area contributed by atoms with Crippen LogP contribution in [0.5, 0.6) is 0 Å². The minimum absolute atomic E-state index is 0.304. The molecular formula is C8H14N2O. The Kier molecular flexibility index (Phi) is 2.29. The van der Waals surface area contributed by atoms with Gasteiger partial charge in [-0.2, -0.15) is 0 Å². The topological polar surface area (TPSA) is 38.0 Å². The summed E-state index contributed by atoms with van der Waals surface area (Å²) in [5, 5.41) is 9.12. The summed E-state index contributed by atoms with van der Waals surface area (Å²) in [6.07, 6.45) is 1.51. The predicted molar refractivity (Wildman–Crippen MR) is 43.4 cm³/mol. The molecule has 1 N–H and O–H groups in total. The molecule has 62 valence electrons. The summed E-state index contributed by atoms with van der Waals surface area (Å²) in [6.45, 7) is 6.34. The molecule has 0 aliphatic carbocycles. The molecule has 1 rings (SSSR count). The lowest BCUT2D eigenvalue weighted by molar-refractivity contribution is 0.172. The summed E-state index contributed by atoms with van der Waals surface area (Å²) >= 11 is 0. The van der Waals surface area contributed by atoms with Gasteiger partial charge in [0.15, 0.2) is 0 Å². The molecular weight excluding hydrogens is 140 g/mol. The highest BCUT2D eigenvalue weighted by Crippen LogP contribution is 2.03. The first-order valence-electron chi connectivity index (χ1n) is 3.78. The first kappa shape index (κ1) is 8.27. The molecule has 0 spiro atoms. The Bertz CT molecular complexity index is 221. The Hall–Kier alpha value is -0.830. The molecule has 0 radical (unpaired) electrons. The molecule has 11 heavy (non-hydrogen) atoms. The second-order valence-electron chi connectivity index (χ2n) is 2.91. The Morgan fingerprint density at radius 2 is 2.27 bits per heavy atom. The lowest BCUT2D eigenvalue weighted by Gasteiger charge is -2.09. The quantitative estimate of drug-likeness (QED) is 0.686. The molecule has 0 amide bonds. The van der Waals surface area contributed by atoms with Gasteiger partial charge in [0, 0.05) is 18.4 Å². The summed E-state index contributed by atoms with van der Waals surface area (Å²) in [4.78, 5) is 4.12. The molecule has 1 aromatic heterocycles. The van der Waals surface area contributed by atoms with Crippen LogP contribution in [0.4, 0.5) is 0 Å². The summed E-state index contributed by atoms with van der Waals surface area (Å²) in [5.41, 5.74) is 1.10. The van der Waals surface area contributed by atoms with Crippen LogP contribution in [0.15, 0.2) is 6.20 Å². The number of hydrogen-bond acceptors (Lipinski definition) is 2. The number of aliphatic hydroxyl groups is 1. The van der Waals surface area contributed by atoms with Gasteiger partial charge >= 0.3 is 0 Å². The van der Waals surface area contributed by atoms with Gasteiger partial charge in [0.25, 0.3) is 0 Å². The van der Waals surface area contributed by atoms with Crippen molar-refractivity contribution >= 4 is 0 Å². The standard InChI is InChI=1S/C8H14N2O/c1-6-4-9-8(3)10(6)5-7(2)11/h4,7,11H,5H2,1-3H3. The molecule has 0 saturated heterocycles. The van der Waals surface area contributed by atoms with Gasteiger partial charge in [-0.15, -0.1) is 0 Å².